The number of fused-ring (bicyclic) bond motifs is 1. The number of esters is 1. The normalized spacial score (nSPS) is 17.5. The molecule has 0 fully saturated rings. The lowest BCUT2D eigenvalue weighted by molar-refractivity contribution is -0.134. The highest BCUT2D eigenvalue weighted by Crippen LogP contribution is 2.45. The molecule has 1 aliphatic heterocycles. The van der Waals surface area contributed by atoms with Gasteiger partial charge in [0.05, 0.1) is 18.5 Å². The van der Waals surface area contributed by atoms with Gasteiger partial charge in [-0.3, -0.25) is 0 Å². The lowest BCUT2D eigenvalue weighted by atomic mass is 9.77. The van der Waals surface area contributed by atoms with E-state index in [0.717, 1.165) is 26.9 Å². The van der Waals surface area contributed by atoms with Gasteiger partial charge in [-0.05, 0) is 57.9 Å². The Morgan fingerprint density at radius 2 is 1.68 bits per heavy atom. The van der Waals surface area contributed by atoms with Gasteiger partial charge in [0, 0.05) is 10.5 Å². The number of anilines is 1. The predicted octanol–water partition coefficient (Wildman–Crippen LogP) is 6.35. The molecule has 0 amide bonds. The molecule has 0 saturated heterocycles. The fourth-order valence-corrected chi connectivity index (χ4v) is 3.97. The van der Waals surface area contributed by atoms with Crippen LogP contribution in [0.1, 0.15) is 64.3 Å². The summed E-state index contributed by atoms with van der Waals surface area (Å²) in [5.41, 5.74) is 3.28. The van der Waals surface area contributed by atoms with Gasteiger partial charge in [0.15, 0.2) is 6.10 Å². The Labute approximate surface area is 192 Å². The summed E-state index contributed by atoms with van der Waals surface area (Å²) >= 11 is 3.47. The molecule has 2 N–H and O–H groups in total. The number of hydrogen-bond donors (Lipinski definition) is 2. The number of carbonyl (C=O) groups excluding carboxylic acids is 1. The highest BCUT2D eigenvalue weighted by Gasteiger charge is 2.32. The monoisotopic (exact) mass is 487 g/mol. The molecule has 1 unspecified atom stereocenters. The third-order valence-electron chi connectivity index (χ3n) is 5.27. The second-order valence-corrected chi connectivity index (χ2v) is 10.8. The van der Waals surface area contributed by atoms with Crippen molar-refractivity contribution in [2.75, 3.05) is 12.4 Å². The summed E-state index contributed by atoms with van der Waals surface area (Å²) in [5.74, 6) is 0.508. The van der Waals surface area contributed by atoms with Crippen LogP contribution in [0.5, 0.6) is 11.5 Å². The van der Waals surface area contributed by atoms with E-state index in [1.807, 2.05) is 30.3 Å². The molecular formula is C25H30BrNO4. The maximum atomic E-state index is 12.1. The largest absolute Gasteiger partial charge is 0.507 e. The number of hydrogen-bond acceptors (Lipinski definition) is 5. The SMILES string of the molecule is COC(=O)/C=C1\Nc2cc(Br)ccc2OC1c1cc(C(C)(C)C)c(O)c(C(C)(C)C)c1. The molecule has 2 aromatic rings. The van der Waals surface area contributed by atoms with Gasteiger partial charge >= 0.3 is 5.97 Å². The van der Waals surface area contributed by atoms with Gasteiger partial charge in [0.2, 0.25) is 0 Å². The van der Waals surface area contributed by atoms with Crippen LogP contribution in [0.25, 0.3) is 0 Å². The molecule has 31 heavy (non-hydrogen) atoms. The van der Waals surface area contributed by atoms with Gasteiger partial charge < -0.3 is 19.9 Å². The summed E-state index contributed by atoms with van der Waals surface area (Å²) in [5, 5.41) is 14.4. The van der Waals surface area contributed by atoms with E-state index in [2.05, 4.69) is 62.8 Å². The zero-order chi connectivity index (χ0) is 23.1. The molecule has 0 radical (unpaired) electrons. The summed E-state index contributed by atoms with van der Waals surface area (Å²) < 4.78 is 12.1. The van der Waals surface area contributed by atoms with E-state index in [0.29, 0.717) is 17.2 Å². The fraction of sp³-hybridized carbons (Fsp3) is 0.400. The summed E-state index contributed by atoms with van der Waals surface area (Å²) in [6.45, 7) is 12.4. The van der Waals surface area contributed by atoms with Gasteiger partial charge in [-0.1, -0.05) is 57.5 Å². The average Bonchev–Trinajstić information content (AvgIpc) is 2.65. The molecule has 0 aromatic heterocycles. The van der Waals surface area contributed by atoms with Crippen molar-refractivity contribution in [2.45, 2.75) is 58.5 Å². The van der Waals surface area contributed by atoms with Crippen LogP contribution in [0.2, 0.25) is 0 Å². The molecule has 6 heteroatoms. The first kappa shape index (κ1) is 23.2. The molecule has 166 valence electrons. The number of phenolic OH excluding ortho intramolecular Hbond substituents is 1. The first-order chi connectivity index (χ1) is 14.3. The summed E-state index contributed by atoms with van der Waals surface area (Å²) in [7, 11) is 1.35. The van der Waals surface area contributed by atoms with E-state index in [-0.39, 0.29) is 10.8 Å². The molecule has 1 heterocycles. The van der Waals surface area contributed by atoms with Crippen molar-refractivity contribution in [1.82, 2.24) is 0 Å². The van der Waals surface area contributed by atoms with Crippen LogP contribution in [-0.2, 0) is 20.4 Å². The third-order valence-corrected chi connectivity index (χ3v) is 5.77. The lowest BCUT2D eigenvalue weighted by Crippen LogP contribution is -2.25. The van der Waals surface area contributed by atoms with Crippen molar-refractivity contribution >= 4 is 27.6 Å². The standard InChI is InChI=1S/C25H30BrNO4/c1-24(2,3)16-10-14(11-17(22(16)29)25(4,5)6)23-19(13-21(28)30-7)27-18-12-15(26)8-9-20(18)31-23/h8-13,23,27,29H,1-7H3/b19-13-. The molecule has 2 aromatic carbocycles. The van der Waals surface area contributed by atoms with Crippen molar-refractivity contribution in [3.8, 4) is 11.5 Å². The quantitative estimate of drug-likeness (QED) is 0.381. The topological polar surface area (TPSA) is 67.8 Å². The predicted molar refractivity (Wildman–Crippen MR) is 127 cm³/mol. The van der Waals surface area contributed by atoms with E-state index >= 15 is 0 Å². The lowest BCUT2D eigenvalue weighted by Gasteiger charge is -2.33. The number of benzene rings is 2. The second-order valence-electron chi connectivity index (χ2n) is 9.85. The Bertz CT molecular complexity index is 1010. The Kier molecular flexibility index (Phi) is 6.16. The van der Waals surface area contributed by atoms with Crippen LogP contribution in [0.15, 0.2) is 46.6 Å². The van der Waals surface area contributed by atoms with Crippen molar-refractivity contribution in [3.05, 3.63) is 63.3 Å². The highest BCUT2D eigenvalue weighted by molar-refractivity contribution is 9.10. The minimum Gasteiger partial charge on any atom is -0.507 e. The first-order valence-electron chi connectivity index (χ1n) is 10.2. The number of phenols is 1. The molecule has 0 aliphatic carbocycles. The van der Waals surface area contributed by atoms with E-state index in [1.165, 1.54) is 13.2 Å². The van der Waals surface area contributed by atoms with Gasteiger partial charge in [-0.2, -0.15) is 0 Å². The Hall–Kier alpha value is -2.47. The van der Waals surface area contributed by atoms with E-state index in [9.17, 15) is 9.90 Å². The molecule has 1 aliphatic rings. The maximum Gasteiger partial charge on any atom is 0.332 e. The van der Waals surface area contributed by atoms with Crippen molar-refractivity contribution in [3.63, 3.8) is 0 Å². The fourth-order valence-electron chi connectivity index (χ4n) is 3.61. The van der Waals surface area contributed by atoms with Crippen LogP contribution in [0.4, 0.5) is 5.69 Å². The molecule has 0 spiro atoms. The number of nitrogens with one attached hydrogen (secondary N) is 1. The summed E-state index contributed by atoms with van der Waals surface area (Å²) in [4.78, 5) is 12.1. The third kappa shape index (κ3) is 4.90. The summed E-state index contributed by atoms with van der Waals surface area (Å²) in [6.07, 6.45) is 0.852. The van der Waals surface area contributed by atoms with Crippen molar-refractivity contribution in [2.24, 2.45) is 0 Å². The Balaban J connectivity index is 2.23. The smallest absolute Gasteiger partial charge is 0.332 e. The molecule has 0 saturated carbocycles. The van der Waals surface area contributed by atoms with E-state index in [4.69, 9.17) is 9.47 Å². The second kappa shape index (κ2) is 8.23. The number of aromatic hydroxyl groups is 1. The van der Waals surface area contributed by atoms with E-state index in [1.54, 1.807) is 0 Å². The van der Waals surface area contributed by atoms with Gasteiger partial charge in [-0.25, -0.2) is 4.79 Å². The first-order valence-corrected chi connectivity index (χ1v) is 11.0. The van der Waals surface area contributed by atoms with Gasteiger partial charge in [-0.15, -0.1) is 0 Å². The molecule has 5 nitrogen and oxygen atoms in total. The van der Waals surface area contributed by atoms with Crippen LogP contribution < -0.4 is 10.1 Å². The van der Waals surface area contributed by atoms with Crippen LogP contribution in [-0.4, -0.2) is 18.2 Å². The van der Waals surface area contributed by atoms with Crippen molar-refractivity contribution < 1.29 is 19.4 Å². The van der Waals surface area contributed by atoms with Crippen LogP contribution in [0, 0.1) is 0 Å². The average molecular weight is 488 g/mol. The van der Waals surface area contributed by atoms with Crippen LogP contribution >= 0.6 is 15.9 Å². The molecule has 1 atom stereocenters. The number of halogens is 1. The minimum atomic E-state index is -0.560. The summed E-state index contributed by atoms with van der Waals surface area (Å²) in [6, 6.07) is 9.61. The van der Waals surface area contributed by atoms with Gasteiger partial charge in [0.1, 0.15) is 11.5 Å². The Morgan fingerprint density at radius 3 is 2.19 bits per heavy atom. The van der Waals surface area contributed by atoms with Crippen molar-refractivity contribution in [1.29, 1.82) is 0 Å². The Morgan fingerprint density at radius 1 is 1.10 bits per heavy atom. The number of carbonyl (C=O) groups is 1. The van der Waals surface area contributed by atoms with Crippen LogP contribution in [0.3, 0.4) is 0 Å². The number of methoxy groups -OCH3 is 1. The minimum absolute atomic E-state index is 0.281. The highest BCUT2D eigenvalue weighted by atomic mass is 79.9. The van der Waals surface area contributed by atoms with Gasteiger partial charge in [0.25, 0.3) is 0 Å². The van der Waals surface area contributed by atoms with E-state index < -0.39 is 12.1 Å². The molecule has 0 bridgehead atoms. The zero-order valence-electron chi connectivity index (χ0n) is 19.1. The number of rotatable bonds is 2. The molecular weight excluding hydrogens is 458 g/mol. The number of ether oxygens (including phenoxy) is 2. The molecule has 3 rings (SSSR count). The maximum absolute atomic E-state index is 12.1. The zero-order valence-corrected chi connectivity index (χ0v) is 20.7.